The number of hydrogen-bond acceptors (Lipinski definition) is 4. The van der Waals surface area contributed by atoms with Gasteiger partial charge in [0.25, 0.3) is 0 Å². The molecule has 6 nitrogen and oxygen atoms in total. The fraction of sp³-hybridized carbons (Fsp3) is 0.833. The summed E-state index contributed by atoms with van der Waals surface area (Å²) in [5, 5.41) is 14.4. The molecule has 4 N–H and O–H groups in total. The van der Waals surface area contributed by atoms with Crippen molar-refractivity contribution in [2.45, 2.75) is 26.7 Å². The summed E-state index contributed by atoms with van der Waals surface area (Å²) in [5.41, 5.74) is 5.49. The number of carbonyl (C=O) groups is 1. The van der Waals surface area contributed by atoms with Gasteiger partial charge < -0.3 is 21.2 Å². The van der Waals surface area contributed by atoms with Gasteiger partial charge in [0.15, 0.2) is 5.84 Å². The van der Waals surface area contributed by atoms with E-state index < -0.39 is 5.92 Å². The van der Waals surface area contributed by atoms with Crippen molar-refractivity contribution in [3.8, 4) is 0 Å². The van der Waals surface area contributed by atoms with Crippen LogP contribution in [0.1, 0.15) is 26.7 Å². The fourth-order valence-corrected chi connectivity index (χ4v) is 2.33. The van der Waals surface area contributed by atoms with Crippen molar-refractivity contribution in [2.24, 2.45) is 22.7 Å². The van der Waals surface area contributed by atoms with Crippen LogP contribution in [0.4, 0.5) is 0 Å². The Labute approximate surface area is 108 Å². The van der Waals surface area contributed by atoms with Crippen LogP contribution in [0.3, 0.4) is 0 Å². The number of nitrogens with one attached hydrogen (secondary N) is 1. The lowest BCUT2D eigenvalue weighted by Crippen LogP contribution is -2.40. The average molecular weight is 256 g/mol. The standard InChI is InChI=1S/C12H24N4O2/c1-3-10(11(13)15-18)12(17)14-7-9-5-6-16(4-2)8-9/h9-10,18H,3-8H2,1-2H3,(H2,13,15)(H,14,17). The summed E-state index contributed by atoms with van der Waals surface area (Å²) < 4.78 is 0. The third kappa shape index (κ3) is 3.87. The minimum Gasteiger partial charge on any atom is -0.409 e. The van der Waals surface area contributed by atoms with Crippen molar-refractivity contribution in [1.29, 1.82) is 0 Å². The molecule has 0 spiro atoms. The SMILES string of the molecule is CCC(C(=O)NCC1CCN(CC)C1)C(N)=NO. The number of hydrogen-bond donors (Lipinski definition) is 3. The maximum atomic E-state index is 11.9. The van der Waals surface area contributed by atoms with Gasteiger partial charge in [-0.15, -0.1) is 0 Å². The van der Waals surface area contributed by atoms with E-state index in [1.165, 1.54) is 0 Å². The molecule has 0 radical (unpaired) electrons. The molecule has 2 atom stereocenters. The summed E-state index contributed by atoms with van der Waals surface area (Å²) in [7, 11) is 0. The van der Waals surface area contributed by atoms with Crippen LogP contribution in [0, 0.1) is 11.8 Å². The summed E-state index contributed by atoms with van der Waals surface area (Å²) in [5.74, 6) is -0.184. The summed E-state index contributed by atoms with van der Waals surface area (Å²) >= 11 is 0. The Morgan fingerprint density at radius 1 is 1.61 bits per heavy atom. The van der Waals surface area contributed by atoms with Crippen molar-refractivity contribution in [2.75, 3.05) is 26.2 Å². The molecule has 2 unspecified atom stereocenters. The second-order valence-electron chi connectivity index (χ2n) is 4.78. The second-order valence-corrected chi connectivity index (χ2v) is 4.78. The highest BCUT2D eigenvalue weighted by atomic mass is 16.4. The van der Waals surface area contributed by atoms with Crippen LogP contribution in [0.25, 0.3) is 0 Å². The van der Waals surface area contributed by atoms with E-state index in [0.717, 1.165) is 26.1 Å². The first-order valence-electron chi connectivity index (χ1n) is 6.59. The van der Waals surface area contributed by atoms with Crippen molar-refractivity contribution >= 4 is 11.7 Å². The highest BCUT2D eigenvalue weighted by Crippen LogP contribution is 2.14. The van der Waals surface area contributed by atoms with Gasteiger partial charge >= 0.3 is 0 Å². The van der Waals surface area contributed by atoms with Crippen LogP contribution in [-0.4, -0.2) is 48.0 Å². The normalized spacial score (nSPS) is 23.0. The molecule has 18 heavy (non-hydrogen) atoms. The Kier molecular flexibility index (Phi) is 5.91. The third-order valence-electron chi connectivity index (χ3n) is 3.58. The number of carbonyl (C=O) groups excluding carboxylic acids is 1. The number of nitrogens with two attached hydrogens (primary N) is 1. The molecule has 0 bridgehead atoms. The molecule has 1 amide bonds. The van der Waals surface area contributed by atoms with Crippen LogP contribution >= 0.6 is 0 Å². The van der Waals surface area contributed by atoms with Gasteiger partial charge in [0.05, 0.1) is 5.92 Å². The van der Waals surface area contributed by atoms with Crippen LogP contribution in [-0.2, 0) is 4.79 Å². The zero-order valence-corrected chi connectivity index (χ0v) is 11.2. The van der Waals surface area contributed by atoms with Gasteiger partial charge in [-0.3, -0.25) is 4.79 Å². The third-order valence-corrected chi connectivity index (χ3v) is 3.58. The summed E-state index contributed by atoms with van der Waals surface area (Å²) in [6.07, 6.45) is 1.65. The highest BCUT2D eigenvalue weighted by Gasteiger charge is 2.24. The topological polar surface area (TPSA) is 91.0 Å². The highest BCUT2D eigenvalue weighted by molar-refractivity contribution is 6.01. The van der Waals surface area contributed by atoms with Crippen LogP contribution in [0.2, 0.25) is 0 Å². The smallest absolute Gasteiger partial charge is 0.230 e. The quantitative estimate of drug-likeness (QED) is 0.274. The lowest BCUT2D eigenvalue weighted by molar-refractivity contribution is -0.123. The lowest BCUT2D eigenvalue weighted by Gasteiger charge is -2.16. The lowest BCUT2D eigenvalue weighted by atomic mass is 10.0. The maximum Gasteiger partial charge on any atom is 0.230 e. The van der Waals surface area contributed by atoms with Crippen LogP contribution in [0.5, 0.6) is 0 Å². The minimum absolute atomic E-state index is 0.0170. The summed E-state index contributed by atoms with van der Waals surface area (Å²) in [6.45, 7) is 7.87. The van der Waals surface area contributed by atoms with Gasteiger partial charge in [0.1, 0.15) is 0 Å². The Balaban J connectivity index is 2.36. The molecule has 0 saturated carbocycles. The molecule has 1 aliphatic heterocycles. The molecular formula is C12H24N4O2. The number of amidine groups is 1. The molecule has 1 rings (SSSR count). The Bertz CT molecular complexity index is 306. The zero-order chi connectivity index (χ0) is 13.5. The molecule has 1 fully saturated rings. The first-order valence-corrected chi connectivity index (χ1v) is 6.59. The number of oxime groups is 1. The van der Waals surface area contributed by atoms with Crippen molar-refractivity contribution in [3.05, 3.63) is 0 Å². The van der Waals surface area contributed by atoms with E-state index in [0.29, 0.717) is 18.9 Å². The van der Waals surface area contributed by atoms with E-state index in [-0.39, 0.29) is 11.7 Å². The average Bonchev–Trinajstić information content (AvgIpc) is 2.84. The molecule has 0 aliphatic carbocycles. The number of amides is 1. The predicted molar refractivity (Wildman–Crippen MR) is 70.4 cm³/mol. The van der Waals surface area contributed by atoms with E-state index in [2.05, 4.69) is 22.3 Å². The van der Waals surface area contributed by atoms with Crippen LogP contribution in [0.15, 0.2) is 5.16 Å². The predicted octanol–water partition coefficient (Wildman–Crippen LogP) is 0.217. The van der Waals surface area contributed by atoms with Gasteiger partial charge in [0.2, 0.25) is 5.91 Å². The Morgan fingerprint density at radius 2 is 2.33 bits per heavy atom. The number of rotatable bonds is 6. The molecule has 1 heterocycles. The van der Waals surface area contributed by atoms with Crippen molar-refractivity contribution in [1.82, 2.24) is 10.2 Å². The Hall–Kier alpha value is -1.30. The van der Waals surface area contributed by atoms with E-state index in [4.69, 9.17) is 10.9 Å². The van der Waals surface area contributed by atoms with Gasteiger partial charge in [-0.25, -0.2) is 0 Å². The largest absolute Gasteiger partial charge is 0.409 e. The summed E-state index contributed by atoms with van der Waals surface area (Å²) in [6, 6.07) is 0. The molecule has 0 aromatic heterocycles. The molecule has 104 valence electrons. The van der Waals surface area contributed by atoms with E-state index in [9.17, 15) is 4.79 Å². The molecule has 0 aromatic carbocycles. The van der Waals surface area contributed by atoms with E-state index >= 15 is 0 Å². The van der Waals surface area contributed by atoms with Crippen LogP contribution < -0.4 is 11.1 Å². The van der Waals surface area contributed by atoms with E-state index in [1.54, 1.807) is 0 Å². The molecule has 1 saturated heterocycles. The maximum absolute atomic E-state index is 11.9. The molecule has 6 heteroatoms. The van der Waals surface area contributed by atoms with E-state index in [1.807, 2.05) is 6.92 Å². The van der Waals surface area contributed by atoms with Crippen molar-refractivity contribution in [3.63, 3.8) is 0 Å². The zero-order valence-electron chi connectivity index (χ0n) is 11.2. The van der Waals surface area contributed by atoms with Gasteiger partial charge in [-0.2, -0.15) is 0 Å². The van der Waals surface area contributed by atoms with Gasteiger partial charge in [-0.1, -0.05) is 19.0 Å². The Morgan fingerprint density at radius 3 is 2.83 bits per heavy atom. The molecule has 1 aliphatic rings. The molecule has 0 aromatic rings. The fourth-order valence-electron chi connectivity index (χ4n) is 2.33. The first kappa shape index (κ1) is 14.8. The monoisotopic (exact) mass is 256 g/mol. The van der Waals surface area contributed by atoms with Gasteiger partial charge in [0, 0.05) is 13.1 Å². The molecular weight excluding hydrogens is 232 g/mol. The summed E-state index contributed by atoms with van der Waals surface area (Å²) in [4.78, 5) is 14.3. The second kappa shape index (κ2) is 7.20. The van der Waals surface area contributed by atoms with Gasteiger partial charge in [-0.05, 0) is 31.8 Å². The van der Waals surface area contributed by atoms with Crippen molar-refractivity contribution < 1.29 is 10.0 Å². The minimum atomic E-state index is -0.529. The first-order chi connectivity index (χ1) is 8.62. The number of nitrogens with zero attached hydrogens (tertiary/aromatic N) is 2. The number of likely N-dealkylation sites (tertiary alicyclic amines) is 1.